The van der Waals surface area contributed by atoms with Crippen LogP contribution in [0.25, 0.3) is 0 Å². The van der Waals surface area contributed by atoms with Gasteiger partial charge in [0.2, 0.25) is 0 Å². The minimum atomic E-state index is -0.00709. The van der Waals surface area contributed by atoms with Crippen LogP contribution in [0.3, 0.4) is 0 Å². The van der Waals surface area contributed by atoms with Crippen molar-refractivity contribution in [1.82, 2.24) is 4.90 Å². The molecule has 2 unspecified atom stereocenters. The summed E-state index contributed by atoms with van der Waals surface area (Å²) >= 11 is 0. The van der Waals surface area contributed by atoms with E-state index in [2.05, 4.69) is 79.7 Å². The van der Waals surface area contributed by atoms with E-state index in [-0.39, 0.29) is 11.5 Å². The molecule has 0 spiro atoms. The summed E-state index contributed by atoms with van der Waals surface area (Å²) in [6.45, 7) is 0. The minimum absolute atomic E-state index is 0.00709. The van der Waals surface area contributed by atoms with Gasteiger partial charge >= 0.3 is 0 Å². The summed E-state index contributed by atoms with van der Waals surface area (Å²) < 4.78 is 0. The van der Waals surface area contributed by atoms with Crippen molar-refractivity contribution in [3.8, 4) is 0 Å². The summed E-state index contributed by atoms with van der Waals surface area (Å²) in [5, 5.41) is 0. The Morgan fingerprint density at radius 1 is 0.833 bits per heavy atom. The van der Waals surface area contributed by atoms with Gasteiger partial charge < -0.3 is 4.90 Å². The fourth-order valence-corrected chi connectivity index (χ4v) is 5.05. The van der Waals surface area contributed by atoms with Crippen molar-refractivity contribution < 1.29 is 4.79 Å². The monoisotopic (exact) mass is 319 g/mol. The first-order valence-corrected chi connectivity index (χ1v) is 8.91. The molecule has 0 aliphatic heterocycles. The molecule has 124 valence electrons. The second-order valence-electron chi connectivity index (χ2n) is 7.73. The van der Waals surface area contributed by atoms with Crippen LogP contribution >= 0.6 is 0 Å². The molecule has 0 radical (unpaired) electrons. The Labute approximate surface area is 144 Å². The SMILES string of the molecule is CN(C)C12CC(=O)C([C@@H](c3ccccc3)C1)[C@H](c1ccccc1)C2. The molecule has 2 aromatic carbocycles. The molecule has 5 rings (SSSR count). The highest BCUT2D eigenvalue weighted by Gasteiger charge is 2.56. The molecule has 0 saturated heterocycles. The zero-order valence-electron chi connectivity index (χ0n) is 14.5. The maximum Gasteiger partial charge on any atom is 0.139 e. The minimum Gasteiger partial charge on any atom is -0.303 e. The molecule has 3 aliphatic rings. The second-order valence-corrected chi connectivity index (χ2v) is 7.73. The van der Waals surface area contributed by atoms with Crippen LogP contribution < -0.4 is 0 Å². The predicted molar refractivity (Wildman–Crippen MR) is 97.1 cm³/mol. The number of nitrogens with zero attached hydrogens (tertiary/aromatic N) is 1. The molecule has 3 aliphatic carbocycles. The van der Waals surface area contributed by atoms with Crippen molar-refractivity contribution in [2.24, 2.45) is 5.92 Å². The Morgan fingerprint density at radius 2 is 1.29 bits per heavy atom. The quantitative estimate of drug-likeness (QED) is 0.843. The first-order valence-electron chi connectivity index (χ1n) is 8.91. The standard InChI is InChI=1S/C22H25NO/c1-23(2)22-13-18(16-9-5-3-6-10-16)21(20(24)15-22)19(14-22)17-11-7-4-8-12-17/h3-12,18-19,21H,13-15H2,1-2H3/t18-,19+,21?,22?. The first kappa shape index (κ1) is 15.6. The van der Waals surface area contributed by atoms with Gasteiger partial charge in [0, 0.05) is 17.9 Å². The van der Waals surface area contributed by atoms with Gasteiger partial charge in [-0.2, -0.15) is 0 Å². The molecule has 2 nitrogen and oxygen atoms in total. The number of benzene rings is 2. The van der Waals surface area contributed by atoms with E-state index in [4.69, 9.17) is 0 Å². The zero-order valence-corrected chi connectivity index (χ0v) is 14.5. The van der Waals surface area contributed by atoms with Crippen molar-refractivity contribution >= 4 is 5.78 Å². The van der Waals surface area contributed by atoms with Crippen LogP contribution in [-0.2, 0) is 4.79 Å². The number of ketones is 1. The average Bonchev–Trinajstić information content (AvgIpc) is 2.62. The van der Waals surface area contributed by atoms with E-state index in [0.717, 1.165) is 12.8 Å². The molecule has 2 bridgehead atoms. The Kier molecular flexibility index (Phi) is 3.80. The van der Waals surface area contributed by atoms with E-state index in [1.165, 1.54) is 11.1 Å². The normalized spacial score (nSPS) is 32.3. The second kappa shape index (κ2) is 5.86. The van der Waals surface area contributed by atoms with E-state index in [9.17, 15) is 4.79 Å². The summed E-state index contributed by atoms with van der Waals surface area (Å²) in [5.74, 6) is 1.23. The fraction of sp³-hybridized carbons (Fsp3) is 0.409. The molecule has 2 aromatic rings. The zero-order chi connectivity index (χ0) is 16.7. The van der Waals surface area contributed by atoms with Crippen molar-refractivity contribution in [2.75, 3.05) is 14.1 Å². The fourth-order valence-electron chi connectivity index (χ4n) is 5.05. The first-order chi connectivity index (χ1) is 11.6. The molecule has 0 aromatic heterocycles. The van der Waals surface area contributed by atoms with Gasteiger partial charge in [-0.3, -0.25) is 4.79 Å². The average molecular weight is 319 g/mol. The maximum absolute atomic E-state index is 13.1. The number of hydrogen-bond donors (Lipinski definition) is 0. The summed E-state index contributed by atoms with van der Waals surface area (Å²) in [4.78, 5) is 15.4. The van der Waals surface area contributed by atoms with Gasteiger partial charge in [0.05, 0.1) is 0 Å². The molecule has 3 fully saturated rings. The van der Waals surface area contributed by atoms with Crippen LogP contribution in [-0.4, -0.2) is 30.3 Å². The lowest BCUT2D eigenvalue weighted by Crippen LogP contribution is -2.59. The van der Waals surface area contributed by atoms with E-state index < -0.39 is 0 Å². The smallest absolute Gasteiger partial charge is 0.139 e. The number of fused-ring (bicyclic) bond motifs is 3. The highest BCUT2D eigenvalue weighted by Crippen LogP contribution is 2.57. The van der Waals surface area contributed by atoms with Crippen molar-refractivity contribution in [1.29, 1.82) is 0 Å². The Morgan fingerprint density at radius 3 is 1.71 bits per heavy atom. The summed E-state index contributed by atoms with van der Waals surface area (Å²) in [7, 11) is 4.28. The van der Waals surface area contributed by atoms with Crippen molar-refractivity contribution in [2.45, 2.75) is 36.6 Å². The lowest BCUT2D eigenvalue weighted by atomic mass is 9.52. The van der Waals surface area contributed by atoms with Gasteiger partial charge in [0.1, 0.15) is 5.78 Å². The van der Waals surface area contributed by atoms with Crippen LogP contribution in [0.1, 0.15) is 42.2 Å². The number of carbonyl (C=O) groups excluding carboxylic acids is 1. The van der Waals surface area contributed by atoms with Crippen molar-refractivity contribution in [3.63, 3.8) is 0 Å². The van der Waals surface area contributed by atoms with Crippen LogP contribution in [0.2, 0.25) is 0 Å². The van der Waals surface area contributed by atoms with Crippen LogP contribution in [0, 0.1) is 5.92 Å². The number of Topliss-reactive ketones (excluding diaryl/α,β-unsaturated/α-hetero) is 1. The molecule has 24 heavy (non-hydrogen) atoms. The third-order valence-electron chi connectivity index (χ3n) is 6.35. The highest BCUT2D eigenvalue weighted by molar-refractivity contribution is 5.86. The molecule has 0 N–H and O–H groups in total. The third-order valence-corrected chi connectivity index (χ3v) is 6.35. The molecule has 2 heteroatoms. The maximum atomic E-state index is 13.1. The molecular formula is C22H25NO. The Hall–Kier alpha value is -1.93. The van der Waals surface area contributed by atoms with Crippen LogP contribution in [0.15, 0.2) is 60.7 Å². The Bertz CT molecular complexity index is 673. The lowest BCUT2D eigenvalue weighted by molar-refractivity contribution is -0.138. The van der Waals surface area contributed by atoms with E-state index in [1.807, 2.05) is 0 Å². The van der Waals surface area contributed by atoms with Gasteiger partial charge in [-0.05, 0) is 49.9 Å². The van der Waals surface area contributed by atoms with Gasteiger partial charge in [-0.1, -0.05) is 60.7 Å². The topological polar surface area (TPSA) is 20.3 Å². The van der Waals surface area contributed by atoms with Crippen LogP contribution in [0.5, 0.6) is 0 Å². The summed E-state index contributed by atoms with van der Waals surface area (Å²) in [5.41, 5.74) is 2.64. The molecule has 0 heterocycles. The van der Waals surface area contributed by atoms with Gasteiger partial charge in [-0.15, -0.1) is 0 Å². The van der Waals surface area contributed by atoms with E-state index in [1.54, 1.807) is 0 Å². The van der Waals surface area contributed by atoms with Gasteiger partial charge in [0.25, 0.3) is 0 Å². The molecular weight excluding hydrogens is 294 g/mol. The number of hydrogen-bond acceptors (Lipinski definition) is 2. The van der Waals surface area contributed by atoms with Gasteiger partial charge in [0.15, 0.2) is 0 Å². The highest BCUT2D eigenvalue weighted by atomic mass is 16.1. The third kappa shape index (κ3) is 2.41. The van der Waals surface area contributed by atoms with E-state index in [0.29, 0.717) is 24.0 Å². The predicted octanol–water partition coefficient (Wildman–Crippen LogP) is 4.24. The number of rotatable bonds is 3. The number of carbonyl (C=O) groups is 1. The molecule has 4 atom stereocenters. The molecule has 0 amide bonds. The summed E-state index contributed by atoms with van der Waals surface area (Å²) in [6.07, 6.45) is 2.88. The van der Waals surface area contributed by atoms with Crippen molar-refractivity contribution in [3.05, 3.63) is 71.8 Å². The molecule has 3 saturated carbocycles. The largest absolute Gasteiger partial charge is 0.303 e. The van der Waals surface area contributed by atoms with Gasteiger partial charge in [-0.25, -0.2) is 0 Å². The van der Waals surface area contributed by atoms with Crippen LogP contribution in [0.4, 0.5) is 0 Å². The summed E-state index contributed by atoms with van der Waals surface area (Å²) in [6, 6.07) is 21.3. The Balaban J connectivity index is 1.81. The lowest BCUT2D eigenvalue weighted by Gasteiger charge is -2.56. The van der Waals surface area contributed by atoms with E-state index >= 15 is 0 Å².